The van der Waals surface area contributed by atoms with Gasteiger partial charge in [0.15, 0.2) is 0 Å². The molecule has 0 aromatic carbocycles. The van der Waals surface area contributed by atoms with Gasteiger partial charge in [0.1, 0.15) is 11.9 Å². The van der Waals surface area contributed by atoms with E-state index in [2.05, 4.69) is 4.98 Å². The minimum atomic E-state index is -4.23. The average molecular weight is 347 g/mol. The summed E-state index contributed by atoms with van der Waals surface area (Å²) in [6.45, 7) is -0.418. The highest BCUT2D eigenvalue weighted by molar-refractivity contribution is 7.90. The predicted octanol–water partition coefficient (Wildman–Crippen LogP) is 0.873. The zero-order valence-electron chi connectivity index (χ0n) is 12.0. The summed E-state index contributed by atoms with van der Waals surface area (Å²) >= 11 is 0. The summed E-state index contributed by atoms with van der Waals surface area (Å²) in [6.07, 6.45) is 0.166. The van der Waals surface area contributed by atoms with Crippen LogP contribution in [0.2, 0.25) is 0 Å². The number of carboxylic acids is 1. The standard InChI is InChI=1S/C13H15F2N3O4S/c14-13(15)4-7-17(10(8-13)12(19)20)23(21,22)18-6-3-9-2-1-5-16-11(9)18/h1-2,5,10H,3-4,6-8H2,(H,19,20). The van der Waals surface area contributed by atoms with E-state index in [0.717, 1.165) is 9.87 Å². The molecule has 0 spiro atoms. The Morgan fingerprint density at radius 1 is 1.39 bits per heavy atom. The van der Waals surface area contributed by atoms with Crippen molar-refractivity contribution < 1.29 is 27.1 Å². The molecule has 10 heteroatoms. The van der Waals surface area contributed by atoms with Crippen molar-refractivity contribution in [2.24, 2.45) is 0 Å². The topological polar surface area (TPSA) is 90.8 Å². The summed E-state index contributed by atoms with van der Waals surface area (Å²) in [6, 6.07) is 1.63. The largest absolute Gasteiger partial charge is 0.480 e. The maximum atomic E-state index is 13.5. The molecule has 0 radical (unpaired) electrons. The van der Waals surface area contributed by atoms with Crippen LogP contribution in [-0.4, -0.2) is 53.8 Å². The molecule has 0 amide bonds. The summed E-state index contributed by atoms with van der Waals surface area (Å²) in [5, 5.41) is 9.17. The molecule has 3 rings (SSSR count). The van der Waals surface area contributed by atoms with Crippen LogP contribution in [0.4, 0.5) is 14.6 Å². The minimum Gasteiger partial charge on any atom is -0.480 e. The molecule has 126 valence electrons. The van der Waals surface area contributed by atoms with E-state index >= 15 is 0 Å². The zero-order chi connectivity index (χ0) is 16.8. The Morgan fingerprint density at radius 3 is 2.83 bits per heavy atom. The number of piperidine rings is 1. The van der Waals surface area contributed by atoms with E-state index in [-0.39, 0.29) is 12.4 Å². The first kappa shape index (κ1) is 16.1. The lowest BCUT2D eigenvalue weighted by atomic mass is 10.0. The molecule has 1 unspecified atom stereocenters. The van der Waals surface area contributed by atoms with E-state index in [1.807, 2.05) is 0 Å². The van der Waals surface area contributed by atoms with E-state index in [0.29, 0.717) is 10.7 Å². The second-order valence-electron chi connectivity index (χ2n) is 5.59. The van der Waals surface area contributed by atoms with Gasteiger partial charge >= 0.3 is 16.2 Å². The summed E-state index contributed by atoms with van der Waals surface area (Å²) in [4.78, 5) is 15.3. The van der Waals surface area contributed by atoms with Crippen molar-refractivity contribution in [3.8, 4) is 0 Å². The Bertz CT molecular complexity index is 740. The van der Waals surface area contributed by atoms with Gasteiger partial charge in [-0.25, -0.2) is 18.1 Å². The van der Waals surface area contributed by atoms with Crippen LogP contribution in [0, 0.1) is 0 Å². The Balaban J connectivity index is 1.95. The Kier molecular flexibility index (Phi) is 3.75. The van der Waals surface area contributed by atoms with Crippen LogP contribution in [0.5, 0.6) is 0 Å². The van der Waals surface area contributed by atoms with E-state index in [4.69, 9.17) is 5.11 Å². The van der Waals surface area contributed by atoms with Crippen LogP contribution in [0.15, 0.2) is 18.3 Å². The summed E-state index contributed by atoms with van der Waals surface area (Å²) in [7, 11) is -4.23. The molecule has 1 fully saturated rings. The van der Waals surface area contributed by atoms with Crippen LogP contribution >= 0.6 is 0 Å². The van der Waals surface area contributed by atoms with E-state index in [1.54, 1.807) is 12.1 Å². The second-order valence-corrected chi connectivity index (χ2v) is 7.40. The smallest absolute Gasteiger partial charge is 0.322 e. The van der Waals surface area contributed by atoms with Crippen molar-refractivity contribution in [3.05, 3.63) is 23.9 Å². The number of alkyl halides is 2. The first-order chi connectivity index (χ1) is 10.7. The third-order valence-electron chi connectivity index (χ3n) is 4.09. The fourth-order valence-electron chi connectivity index (χ4n) is 2.93. The normalized spacial score (nSPS) is 24.4. The van der Waals surface area contributed by atoms with Crippen LogP contribution in [0.3, 0.4) is 0 Å². The molecule has 1 atom stereocenters. The molecule has 1 N–H and O–H groups in total. The number of hydrogen-bond acceptors (Lipinski definition) is 4. The summed E-state index contributed by atoms with van der Waals surface area (Å²) in [5.41, 5.74) is 0.727. The van der Waals surface area contributed by atoms with Crippen LogP contribution < -0.4 is 4.31 Å². The molecule has 3 heterocycles. The lowest BCUT2D eigenvalue weighted by molar-refractivity contribution is -0.149. The molecule has 1 aromatic rings. The van der Waals surface area contributed by atoms with Crippen molar-refractivity contribution in [1.82, 2.24) is 9.29 Å². The van der Waals surface area contributed by atoms with E-state index in [9.17, 15) is 22.0 Å². The van der Waals surface area contributed by atoms with Gasteiger partial charge in [0.2, 0.25) is 0 Å². The van der Waals surface area contributed by atoms with Crippen molar-refractivity contribution in [1.29, 1.82) is 0 Å². The number of hydrogen-bond donors (Lipinski definition) is 1. The van der Waals surface area contributed by atoms with Crippen LogP contribution in [0.1, 0.15) is 18.4 Å². The van der Waals surface area contributed by atoms with Gasteiger partial charge in [0.25, 0.3) is 5.92 Å². The number of carboxylic acid groups (broad SMARTS) is 1. The molecule has 1 aromatic heterocycles. The second kappa shape index (κ2) is 5.38. The highest BCUT2D eigenvalue weighted by Gasteiger charge is 2.50. The van der Waals surface area contributed by atoms with Gasteiger partial charge in [-0.2, -0.15) is 12.7 Å². The molecule has 0 saturated carbocycles. The number of fused-ring (bicyclic) bond motifs is 1. The summed E-state index contributed by atoms with van der Waals surface area (Å²) < 4.78 is 54.2. The molecule has 0 bridgehead atoms. The molecule has 2 aliphatic rings. The van der Waals surface area contributed by atoms with Crippen LogP contribution in [-0.2, 0) is 21.4 Å². The predicted molar refractivity (Wildman–Crippen MR) is 76.5 cm³/mol. The van der Waals surface area contributed by atoms with Gasteiger partial charge in [-0.1, -0.05) is 6.07 Å². The maximum Gasteiger partial charge on any atom is 0.322 e. The Hall–Kier alpha value is -1.81. The van der Waals surface area contributed by atoms with Gasteiger partial charge in [0.05, 0.1) is 0 Å². The minimum absolute atomic E-state index is 0.119. The lowest BCUT2D eigenvalue weighted by Gasteiger charge is -2.38. The van der Waals surface area contributed by atoms with E-state index in [1.165, 1.54) is 6.20 Å². The quantitative estimate of drug-likeness (QED) is 0.876. The molecule has 2 aliphatic heterocycles. The summed E-state index contributed by atoms with van der Waals surface area (Å²) in [5.74, 6) is -4.53. The Morgan fingerprint density at radius 2 is 2.13 bits per heavy atom. The third kappa shape index (κ3) is 2.76. The first-order valence-corrected chi connectivity index (χ1v) is 8.46. The highest BCUT2D eigenvalue weighted by Crippen LogP contribution is 2.36. The fraction of sp³-hybridized carbons (Fsp3) is 0.538. The molecule has 1 saturated heterocycles. The SMILES string of the molecule is O=C(O)C1CC(F)(F)CCN1S(=O)(=O)N1CCc2cccnc21. The zero-order valence-corrected chi connectivity index (χ0v) is 12.8. The molecule has 23 heavy (non-hydrogen) atoms. The molecular weight excluding hydrogens is 332 g/mol. The van der Waals surface area contributed by atoms with Gasteiger partial charge in [-0.3, -0.25) is 4.79 Å². The van der Waals surface area contributed by atoms with E-state index < -0.39 is 47.5 Å². The number of anilines is 1. The Labute approximate surface area is 131 Å². The highest BCUT2D eigenvalue weighted by atomic mass is 32.2. The lowest BCUT2D eigenvalue weighted by Crippen LogP contribution is -2.57. The fourth-order valence-corrected chi connectivity index (χ4v) is 4.70. The van der Waals surface area contributed by atoms with Crippen molar-refractivity contribution >= 4 is 22.0 Å². The monoisotopic (exact) mass is 347 g/mol. The van der Waals surface area contributed by atoms with Gasteiger partial charge in [-0.05, 0) is 18.1 Å². The van der Waals surface area contributed by atoms with Crippen LogP contribution in [0.25, 0.3) is 0 Å². The molecule has 7 nitrogen and oxygen atoms in total. The number of aromatic nitrogens is 1. The number of pyridine rings is 1. The third-order valence-corrected chi connectivity index (χ3v) is 6.03. The first-order valence-electron chi connectivity index (χ1n) is 7.06. The maximum absolute atomic E-state index is 13.5. The number of halogens is 2. The van der Waals surface area contributed by atoms with Gasteiger partial charge < -0.3 is 5.11 Å². The van der Waals surface area contributed by atoms with Crippen molar-refractivity contribution in [3.63, 3.8) is 0 Å². The number of rotatable bonds is 3. The van der Waals surface area contributed by atoms with Gasteiger partial charge in [-0.15, -0.1) is 0 Å². The average Bonchev–Trinajstić information content (AvgIpc) is 2.90. The van der Waals surface area contributed by atoms with Gasteiger partial charge in [0, 0.05) is 32.1 Å². The number of carbonyl (C=O) groups is 1. The molecular formula is C13H15F2N3O4S. The number of nitrogens with zero attached hydrogens (tertiary/aromatic N) is 3. The number of aliphatic carboxylic acids is 1. The van der Waals surface area contributed by atoms with Crippen molar-refractivity contribution in [2.45, 2.75) is 31.2 Å². The van der Waals surface area contributed by atoms with Crippen molar-refractivity contribution in [2.75, 3.05) is 17.4 Å². The molecule has 0 aliphatic carbocycles.